The van der Waals surface area contributed by atoms with Gasteiger partial charge in [0.2, 0.25) is 0 Å². The molecule has 0 amide bonds. The van der Waals surface area contributed by atoms with E-state index in [2.05, 4.69) is 9.88 Å². The molecule has 4 rings (SSSR count). The van der Waals surface area contributed by atoms with Crippen molar-refractivity contribution >= 4 is 5.78 Å². The minimum atomic E-state index is -0.793. The molecule has 3 heterocycles. The Kier molecular flexibility index (Phi) is 6.09. The molecular formula is C23H27F2N3O2. The lowest BCUT2D eigenvalue weighted by atomic mass is 9.88. The Labute approximate surface area is 174 Å². The number of benzene rings is 1. The minimum Gasteiger partial charge on any atom is -0.303 e. The highest BCUT2D eigenvalue weighted by molar-refractivity contribution is 5.98. The third kappa shape index (κ3) is 4.21. The zero-order valence-electron chi connectivity index (χ0n) is 17.3. The molecule has 0 atom stereocenters. The van der Waals surface area contributed by atoms with Crippen LogP contribution in [-0.2, 0) is 19.4 Å². The summed E-state index contributed by atoms with van der Waals surface area (Å²) in [4.78, 5) is 32.4. The highest BCUT2D eigenvalue weighted by Gasteiger charge is 2.28. The molecule has 0 bridgehead atoms. The van der Waals surface area contributed by atoms with Crippen molar-refractivity contribution in [3.8, 4) is 0 Å². The first-order valence-corrected chi connectivity index (χ1v) is 10.7. The van der Waals surface area contributed by atoms with E-state index in [0.717, 1.165) is 74.7 Å². The Hall–Kier alpha value is -2.41. The lowest BCUT2D eigenvalue weighted by Gasteiger charge is -2.31. The van der Waals surface area contributed by atoms with Gasteiger partial charge in [-0.3, -0.25) is 14.2 Å². The van der Waals surface area contributed by atoms with Crippen molar-refractivity contribution < 1.29 is 13.6 Å². The maximum atomic E-state index is 13.9. The van der Waals surface area contributed by atoms with Gasteiger partial charge in [0, 0.05) is 42.8 Å². The number of hydrogen-bond donors (Lipinski definition) is 0. The van der Waals surface area contributed by atoms with Crippen molar-refractivity contribution in [2.24, 2.45) is 5.92 Å². The van der Waals surface area contributed by atoms with Crippen LogP contribution in [0.15, 0.2) is 23.0 Å². The van der Waals surface area contributed by atoms with Gasteiger partial charge in [0.15, 0.2) is 5.78 Å². The van der Waals surface area contributed by atoms with E-state index in [1.165, 1.54) is 6.07 Å². The van der Waals surface area contributed by atoms with Gasteiger partial charge in [-0.2, -0.15) is 0 Å². The largest absolute Gasteiger partial charge is 0.303 e. The highest BCUT2D eigenvalue weighted by Crippen LogP contribution is 2.24. The number of carbonyl (C=O) groups is 1. The summed E-state index contributed by atoms with van der Waals surface area (Å²) in [6.45, 7) is 4.84. The number of carbonyl (C=O) groups excluding carboxylic acids is 1. The van der Waals surface area contributed by atoms with Crippen molar-refractivity contribution in [3.63, 3.8) is 0 Å². The van der Waals surface area contributed by atoms with Crippen molar-refractivity contribution in [1.82, 2.24) is 14.5 Å². The number of aryl methyl sites for hydroxylation is 2. The van der Waals surface area contributed by atoms with E-state index in [1.807, 2.05) is 11.5 Å². The molecule has 0 unspecified atom stereocenters. The quantitative estimate of drug-likeness (QED) is 0.703. The highest BCUT2D eigenvalue weighted by atomic mass is 19.1. The van der Waals surface area contributed by atoms with Gasteiger partial charge in [-0.1, -0.05) is 0 Å². The van der Waals surface area contributed by atoms with E-state index >= 15 is 0 Å². The molecule has 0 radical (unpaired) electrons. The fourth-order valence-electron chi connectivity index (χ4n) is 4.62. The number of aromatic nitrogens is 2. The summed E-state index contributed by atoms with van der Waals surface area (Å²) in [6, 6.07) is 3.12. The molecule has 7 heteroatoms. The molecule has 1 fully saturated rings. The Bertz CT molecular complexity index is 1010. The number of rotatable bonds is 5. The molecule has 2 aliphatic heterocycles. The number of hydrogen-bond acceptors (Lipinski definition) is 4. The van der Waals surface area contributed by atoms with Crippen molar-refractivity contribution in [3.05, 3.63) is 62.8 Å². The second-order valence-electron chi connectivity index (χ2n) is 8.36. The van der Waals surface area contributed by atoms with Crippen LogP contribution in [-0.4, -0.2) is 39.9 Å². The summed E-state index contributed by atoms with van der Waals surface area (Å²) >= 11 is 0. The molecule has 2 aliphatic rings. The number of Topliss-reactive ketones (excluding diaryl/α,β-unsaturated/α-hetero) is 1. The second kappa shape index (κ2) is 8.76. The molecule has 0 spiro atoms. The van der Waals surface area contributed by atoms with Gasteiger partial charge in [0.25, 0.3) is 5.56 Å². The second-order valence-corrected chi connectivity index (χ2v) is 8.36. The average Bonchev–Trinajstić information content (AvgIpc) is 2.73. The van der Waals surface area contributed by atoms with Crippen LogP contribution in [0.2, 0.25) is 0 Å². The fraction of sp³-hybridized carbons (Fsp3) is 0.522. The van der Waals surface area contributed by atoms with Crippen LogP contribution in [0.1, 0.15) is 53.1 Å². The molecular weight excluding hydrogens is 388 g/mol. The van der Waals surface area contributed by atoms with E-state index in [9.17, 15) is 18.4 Å². The van der Waals surface area contributed by atoms with Gasteiger partial charge in [-0.15, -0.1) is 0 Å². The predicted octanol–water partition coefficient (Wildman–Crippen LogP) is 3.30. The van der Waals surface area contributed by atoms with E-state index in [4.69, 9.17) is 0 Å². The number of likely N-dealkylation sites (tertiary alicyclic amines) is 1. The van der Waals surface area contributed by atoms with E-state index in [1.54, 1.807) is 0 Å². The molecule has 2 aromatic rings. The number of piperidine rings is 1. The van der Waals surface area contributed by atoms with Gasteiger partial charge in [-0.25, -0.2) is 13.8 Å². The Balaban J connectivity index is 1.36. The van der Waals surface area contributed by atoms with Crippen LogP contribution in [0.4, 0.5) is 8.78 Å². The molecule has 0 N–H and O–H groups in total. The first kappa shape index (κ1) is 20.8. The molecule has 30 heavy (non-hydrogen) atoms. The van der Waals surface area contributed by atoms with E-state index < -0.39 is 11.6 Å². The van der Waals surface area contributed by atoms with Crippen molar-refractivity contribution in [1.29, 1.82) is 0 Å². The molecule has 0 saturated carbocycles. The maximum absolute atomic E-state index is 13.9. The number of halogens is 2. The first-order chi connectivity index (χ1) is 14.4. The predicted molar refractivity (Wildman–Crippen MR) is 110 cm³/mol. The smallest absolute Gasteiger partial charge is 0.256 e. The number of fused-ring (bicyclic) bond motifs is 1. The average molecular weight is 415 g/mol. The SMILES string of the molecule is Cc1nc2n(c(=O)c1CCN1CCC(C(=O)c3ccc(F)cc3F)CC1)CCCC2. The maximum Gasteiger partial charge on any atom is 0.256 e. The van der Waals surface area contributed by atoms with Crippen LogP contribution in [0.3, 0.4) is 0 Å². The summed E-state index contributed by atoms with van der Waals surface area (Å²) < 4.78 is 28.8. The van der Waals surface area contributed by atoms with Crippen LogP contribution < -0.4 is 5.56 Å². The Morgan fingerprint density at radius 2 is 1.93 bits per heavy atom. The summed E-state index contributed by atoms with van der Waals surface area (Å²) in [5.74, 6) is -1.07. The van der Waals surface area contributed by atoms with Gasteiger partial charge >= 0.3 is 0 Å². The minimum absolute atomic E-state index is 0.0290. The van der Waals surface area contributed by atoms with Gasteiger partial charge < -0.3 is 4.90 Å². The van der Waals surface area contributed by atoms with Crippen LogP contribution in [0.25, 0.3) is 0 Å². The molecule has 1 aromatic heterocycles. The van der Waals surface area contributed by atoms with Crippen LogP contribution in [0.5, 0.6) is 0 Å². The summed E-state index contributed by atoms with van der Waals surface area (Å²) in [7, 11) is 0. The monoisotopic (exact) mass is 415 g/mol. The molecule has 1 saturated heterocycles. The van der Waals surface area contributed by atoms with Gasteiger partial charge in [0.05, 0.1) is 5.56 Å². The van der Waals surface area contributed by atoms with E-state index in [0.29, 0.717) is 19.3 Å². The zero-order valence-corrected chi connectivity index (χ0v) is 17.3. The van der Waals surface area contributed by atoms with E-state index in [-0.39, 0.29) is 22.8 Å². The Morgan fingerprint density at radius 3 is 2.67 bits per heavy atom. The number of nitrogens with zero attached hydrogens (tertiary/aromatic N) is 3. The molecule has 0 aliphatic carbocycles. The summed E-state index contributed by atoms with van der Waals surface area (Å²) in [5, 5.41) is 0. The topological polar surface area (TPSA) is 55.2 Å². The normalized spacial score (nSPS) is 17.7. The molecule has 160 valence electrons. The van der Waals surface area contributed by atoms with Crippen molar-refractivity contribution in [2.75, 3.05) is 19.6 Å². The van der Waals surface area contributed by atoms with Crippen LogP contribution in [0, 0.1) is 24.5 Å². The molecule has 5 nitrogen and oxygen atoms in total. The van der Waals surface area contributed by atoms with Gasteiger partial charge in [0.1, 0.15) is 17.5 Å². The Morgan fingerprint density at radius 1 is 1.17 bits per heavy atom. The van der Waals surface area contributed by atoms with Crippen molar-refractivity contribution in [2.45, 2.75) is 52.0 Å². The summed E-state index contributed by atoms with van der Waals surface area (Å²) in [6.07, 6.45) is 4.88. The van der Waals surface area contributed by atoms with Gasteiger partial charge in [-0.05, 0) is 64.3 Å². The fourth-order valence-corrected chi connectivity index (χ4v) is 4.62. The number of ketones is 1. The lowest BCUT2D eigenvalue weighted by Crippen LogP contribution is -2.39. The third-order valence-corrected chi connectivity index (χ3v) is 6.41. The summed E-state index contributed by atoms with van der Waals surface area (Å²) in [5.41, 5.74) is 1.67. The third-order valence-electron chi connectivity index (χ3n) is 6.41. The first-order valence-electron chi connectivity index (χ1n) is 10.7. The standard InChI is InChI=1S/C23H27F2N3O2/c1-15-18(23(30)28-10-3-2-4-21(28)26-15)9-13-27-11-7-16(8-12-27)22(29)19-6-5-17(24)14-20(19)25/h5-6,14,16H,2-4,7-13H2,1H3. The lowest BCUT2D eigenvalue weighted by molar-refractivity contribution is 0.0836. The zero-order chi connectivity index (χ0) is 21.3. The van der Waals surface area contributed by atoms with Crippen LogP contribution >= 0.6 is 0 Å². The molecule has 1 aromatic carbocycles.